The minimum absolute atomic E-state index is 0. The van der Waals surface area contributed by atoms with Gasteiger partial charge in [-0.15, -0.1) is 0 Å². The summed E-state index contributed by atoms with van der Waals surface area (Å²) in [6.07, 6.45) is 0. The summed E-state index contributed by atoms with van der Waals surface area (Å²) in [5, 5.41) is 0. The molecule has 61 valence electrons. The minimum atomic E-state index is 0. The normalized spacial score (nSPS) is 0. The molecule has 0 aromatic heterocycles. The molecule has 0 aliphatic carbocycles. The third-order valence-electron chi connectivity index (χ3n) is 0. The van der Waals surface area contributed by atoms with Crippen LogP contribution in [0.5, 0.6) is 0 Å². The van der Waals surface area contributed by atoms with Gasteiger partial charge in [0.2, 0.25) is 0 Å². The van der Waals surface area contributed by atoms with Gasteiger partial charge in [-0.1, -0.05) is 0 Å². The van der Waals surface area contributed by atoms with Crippen LogP contribution in [0.2, 0.25) is 0 Å². The van der Waals surface area contributed by atoms with Gasteiger partial charge < -0.3 is 0 Å². The van der Waals surface area contributed by atoms with Crippen LogP contribution in [0, 0.1) is 0 Å². The average molecular weight is 1040 g/mol. The van der Waals surface area contributed by atoms with E-state index in [0.717, 1.165) is 0 Å². The summed E-state index contributed by atoms with van der Waals surface area (Å²) in [6, 6.07) is 0. The summed E-state index contributed by atoms with van der Waals surface area (Å²) in [5.41, 5.74) is 0. The van der Waals surface area contributed by atoms with Crippen molar-refractivity contribution in [1.29, 1.82) is 0 Å². The molecule has 0 bridgehead atoms. The first kappa shape index (κ1) is 60.0. The molecule has 0 unspecified atom stereocenters. The van der Waals surface area contributed by atoms with Crippen LogP contribution in [0.25, 0.3) is 0 Å². The summed E-state index contributed by atoms with van der Waals surface area (Å²) in [6.45, 7) is 0. The molecule has 0 saturated heterocycles. The molecule has 11 radical (unpaired) electrons. The van der Waals surface area contributed by atoms with Gasteiger partial charge in [0.05, 0.1) is 0 Å². The molecule has 0 nitrogen and oxygen atoms in total. The Kier molecular flexibility index (Phi) is 388. The van der Waals surface area contributed by atoms with Gasteiger partial charge in [0.25, 0.3) is 0 Å². The molecule has 0 atom stereocenters. The minimum Gasteiger partial charge on any atom is 0 e. The van der Waals surface area contributed by atoms with E-state index in [2.05, 4.69) is 0 Å². The van der Waals surface area contributed by atoms with Crippen LogP contribution >= 0.6 is 0 Å². The van der Waals surface area contributed by atoms with Gasteiger partial charge in [0.15, 0.2) is 0 Å². The van der Waals surface area contributed by atoms with E-state index in [9.17, 15) is 0 Å². The zero-order chi connectivity index (χ0) is 0. The third-order valence-corrected chi connectivity index (χ3v) is 0. The maximum atomic E-state index is 0. The Hall–Kier alpha value is 4.77. The Labute approximate surface area is 143 Å². The largest absolute Gasteiger partial charge is 0 e. The zero-order valence-corrected chi connectivity index (χ0v) is 15.8. The zero-order valence-electron chi connectivity index (χ0n) is 2.66. The van der Waals surface area contributed by atoms with Crippen LogP contribution in [-0.4, -0.2) is 34.7 Å². The number of hydrogen-bond donors (Lipinski definition) is 0. The molecule has 0 aliphatic rings. The Morgan fingerprint density at radius 2 is 0.286 bits per heavy atom. The summed E-state index contributed by atoms with van der Waals surface area (Å²) >= 11 is 0. The van der Waals surface area contributed by atoms with E-state index in [-0.39, 0.29) is 147 Å². The fraction of sp³-hybridized carbons (Fsp3) is 0. The van der Waals surface area contributed by atoms with Crippen molar-refractivity contribution in [1.82, 2.24) is 0 Å². The summed E-state index contributed by atoms with van der Waals surface area (Å²) in [4.78, 5) is 0. The predicted octanol–water partition coefficient (Wildman–Crippen LogP) is -0.774. The summed E-state index contributed by atoms with van der Waals surface area (Å²) in [5.74, 6) is 0. The molecular formula is Al2Au5. The standard InChI is InChI=1S/2Al.5Au. The van der Waals surface area contributed by atoms with Crippen LogP contribution in [0.15, 0.2) is 0 Å². The van der Waals surface area contributed by atoms with Crippen molar-refractivity contribution in [2.24, 2.45) is 0 Å². The van der Waals surface area contributed by atoms with Gasteiger partial charge in [-0.25, -0.2) is 0 Å². The number of hydrogen-bond acceptors (Lipinski definition) is 0. The fourth-order valence-electron chi connectivity index (χ4n) is 0. The first-order valence-electron chi connectivity index (χ1n) is 0. The van der Waals surface area contributed by atoms with E-state index in [1.807, 2.05) is 0 Å². The van der Waals surface area contributed by atoms with Crippen LogP contribution in [0.1, 0.15) is 0 Å². The molecular weight excluding hydrogens is 1040 g/mol. The van der Waals surface area contributed by atoms with E-state index in [4.69, 9.17) is 0 Å². The molecule has 7 heavy (non-hydrogen) atoms. The predicted molar refractivity (Wildman–Crippen MR) is 11.5 cm³/mol. The second-order valence-electron chi connectivity index (χ2n) is 0. The Morgan fingerprint density at radius 1 is 0.286 bits per heavy atom. The quantitative estimate of drug-likeness (QED) is 0.280. The second kappa shape index (κ2) is 45.2. The van der Waals surface area contributed by atoms with E-state index in [1.54, 1.807) is 0 Å². The molecule has 0 N–H and O–H groups in total. The van der Waals surface area contributed by atoms with Crippen LogP contribution < -0.4 is 0 Å². The first-order valence-corrected chi connectivity index (χ1v) is 0. The van der Waals surface area contributed by atoms with Gasteiger partial charge in [-0.2, -0.15) is 0 Å². The fourth-order valence-corrected chi connectivity index (χ4v) is 0. The molecule has 0 aromatic carbocycles. The molecule has 0 amide bonds. The molecule has 0 saturated carbocycles. The van der Waals surface area contributed by atoms with Gasteiger partial charge >= 0.3 is 0 Å². The van der Waals surface area contributed by atoms with Crippen LogP contribution in [0.4, 0.5) is 0 Å². The van der Waals surface area contributed by atoms with Crippen molar-refractivity contribution < 1.29 is 112 Å². The maximum absolute atomic E-state index is 0. The molecule has 0 aliphatic heterocycles. The smallest absolute Gasteiger partial charge is 0 e. The van der Waals surface area contributed by atoms with Gasteiger partial charge in [-0.3, -0.25) is 0 Å². The van der Waals surface area contributed by atoms with E-state index in [1.165, 1.54) is 0 Å². The Morgan fingerprint density at radius 3 is 0.286 bits per heavy atom. The van der Waals surface area contributed by atoms with Gasteiger partial charge in [0, 0.05) is 147 Å². The molecule has 0 rings (SSSR count). The van der Waals surface area contributed by atoms with Crippen molar-refractivity contribution in [2.75, 3.05) is 0 Å². The third kappa shape index (κ3) is 36.4. The molecule has 7 heteroatoms. The van der Waals surface area contributed by atoms with Gasteiger partial charge in [0.1, 0.15) is 0 Å². The maximum Gasteiger partial charge on any atom is 0 e. The molecule has 0 heterocycles. The monoisotopic (exact) mass is 1040 g/mol. The first-order chi connectivity index (χ1) is 0. The van der Waals surface area contributed by atoms with Crippen LogP contribution in [-0.2, 0) is 112 Å². The van der Waals surface area contributed by atoms with Crippen LogP contribution in [0.3, 0.4) is 0 Å². The molecule has 0 spiro atoms. The van der Waals surface area contributed by atoms with Gasteiger partial charge in [-0.05, 0) is 0 Å². The average Bonchev–Trinajstić information content (AvgIpc) is 0. The van der Waals surface area contributed by atoms with Crippen molar-refractivity contribution in [3.8, 4) is 0 Å². The number of rotatable bonds is 0. The summed E-state index contributed by atoms with van der Waals surface area (Å²) in [7, 11) is 0. The molecule has 0 fully saturated rings. The van der Waals surface area contributed by atoms with E-state index in [0.29, 0.717) is 0 Å². The Balaban J connectivity index is 0. The van der Waals surface area contributed by atoms with Crippen molar-refractivity contribution in [3.05, 3.63) is 0 Å². The van der Waals surface area contributed by atoms with Crippen molar-refractivity contribution in [3.63, 3.8) is 0 Å². The topological polar surface area (TPSA) is 0 Å². The van der Waals surface area contributed by atoms with Crippen molar-refractivity contribution in [2.45, 2.75) is 0 Å². The SMILES string of the molecule is [Al].[Al].[Au].[Au].[Au].[Au].[Au]. The van der Waals surface area contributed by atoms with E-state index >= 15 is 0 Å². The van der Waals surface area contributed by atoms with E-state index < -0.39 is 0 Å². The molecule has 0 aromatic rings. The van der Waals surface area contributed by atoms with Crippen molar-refractivity contribution >= 4 is 34.7 Å². The Bertz CT molecular complexity index is 6.04. The summed E-state index contributed by atoms with van der Waals surface area (Å²) < 4.78 is 0. The second-order valence-corrected chi connectivity index (χ2v) is 0.